The molecule has 0 aliphatic rings. The Kier molecular flexibility index (Phi) is 6.53. The molecule has 1 aromatic rings. The summed E-state index contributed by atoms with van der Waals surface area (Å²) >= 11 is 6.11. The molecule has 0 bridgehead atoms. The second-order valence-electron chi connectivity index (χ2n) is 4.87. The number of pyridine rings is 1. The summed E-state index contributed by atoms with van der Waals surface area (Å²) in [5.41, 5.74) is 1.21. The smallest absolute Gasteiger partial charge is 0.0621 e. The largest absolute Gasteiger partial charge is 0.314 e. The standard InChI is InChI=1S/C14H23ClN2/c1-4-6-17-12(3)8-11(2)9-13-5-7-16-10-14(13)15/h5,7,10-12,17H,4,6,8-9H2,1-3H3. The maximum atomic E-state index is 6.11. The molecule has 1 aromatic heterocycles. The molecule has 17 heavy (non-hydrogen) atoms. The number of hydrogen-bond acceptors (Lipinski definition) is 2. The van der Waals surface area contributed by atoms with E-state index in [0.29, 0.717) is 12.0 Å². The van der Waals surface area contributed by atoms with Crippen molar-refractivity contribution in [2.45, 2.75) is 46.1 Å². The maximum Gasteiger partial charge on any atom is 0.0621 e. The van der Waals surface area contributed by atoms with Crippen molar-refractivity contribution in [3.8, 4) is 0 Å². The van der Waals surface area contributed by atoms with Crippen LogP contribution < -0.4 is 5.32 Å². The maximum absolute atomic E-state index is 6.11. The Labute approximate surface area is 110 Å². The Bertz CT molecular complexity index is 328. The van der Waals surface area contributed by atoms with E-state index in [-0.39, 0.29) is 0 Å². The lowest BCUT2D eigenvalue weighted by Crippen LogP contribution is -2.28. The molecule has 0 saturated carbocycles. The van der Waals surface area contributed by atoms with Crippen LogP contribution in [0.2, 0.25) is 5.02 Å². The molecule has 0 fully saturated rings. The fraction of sp³-hybridized carbons (Fsp3) is 0.643. The molecule has 0 amide bonds. The second kappa shape index (κ2) is 7.67. The van der Waals surface area contributed by atoms with E-state index in [4.69, 9.17) is 11.6 Å². The van der Waals surface area contributed by atoms with Crippen molar-refractivity contribution in [3.05, 3.63) is 29.0 Å². The molecule has 0 aliphatic heterocycles. The molecule has 2 unspecified atom stereocenters. The van der Waals surface area contributed by atoms with Gasteiger partial charge in [-0.15, -0.1) is 0 Å². The number of aromatic nitrogens is 1. The van der Waals surface area contributed by atoms with Gasteiger partial charge < -0.3 is 5.32 Å². The van der Waals surface area contributed by atoms with Crippen LogP contribution in [-0.4, -0.2) is 17.6 Å². The highest BCUT2D eigenvalue weighted by Gasteiger charge is 2.10. The Hall–Kier alpha value is -0.600. The zero-order valence-electron chi connectivity index (χ0n) is 11.0. The van der Waals surface area contributed by atoms with Crippen LogP contribution in [0.3, 0.4) is 0 Å². The summed E-state index contributed by atoms with van der Waals surface area (Å²) in [5.74, 6) is 0.634. The first-order valence-electron chi connectivity index (χ1n) is 6.45. The van der Waals surface area contributed by atoms with Gasteiger partial charge in [0.2, 0.25) is 0 Å². The Balaban J connectivity index is 2.39. The van der Waals surface area contributed by atoms with Gasteiger partial charge in [-0.2, -0.15) is 0 Å². The second-order valence-corrected chi connectivity index (χ2v) is 5.27. The fourth-order valence-corrected chi connectivity index (χ4v) is 2.30. The minimum Gasteiger partial charge on any atom is -0.314 e. The lowest BCUT2D eigenvalue weighted by Gasteiger charge is -2.18. The lowest BCUT2D eigenvalue weighted by molar-refractivity contribution is 0.420. The highest BCUT2D eigenvalue weighted by molar-refractivity contribution is 6.31. The molecule has 96 valence electrons. The van der Waals surface area contributed by atoms with Crippen LogP contribution in [0.4, 0.5) is 0 Å². The Morgan fingerprint density at radius 3 is 2.82 bits per heavy atom. The number of hydrogen-bond donors (Lipinski definition) is 1. The Morgan fingerprint density at radius 2 is 2.18 bits per heavy atom. The number of nitrogens with zero attached hydrogens (tertiary/aromatic N) is 1. The van der Waals surface area contributed by atoms with Gasteiger partial charge in [-0.25, -0.2) is 0 Å². The third-order valence-electron chi connectivity index (χ3n) is 2.92. The van der Waals surface area contributed by atoms with Crippen molar-refractivity contribution in [3.63, 3.8) is 0 Å². The van der Waals surface area contributed by atoms with E-state index in [9.17, 15) is 0 Å². The van der Waals surface area contributed by atoms with Crippen molar-refractivity contribution in [2.75, 3.05) is 6.54 Å². The zero-order valence-corrected chi connectivity index (χ0v) is 11.8. The van der Waals surface area contributed by atoms with Gasteiger partial charge in [0.15, 0.2) is 0 Å². The van der Waals surface area contributed by atoms with Crippen LogP contribution >= 0.6 is 11.6 Å². The first kappa shape index (κ1) is 14.5. The molecule has 0 aliphatic carbocycles. The molecular weight excluding hydrogens is 232 g/mol. The monoisotopic (exact) mass is 254 g/mol. The first-order valence-corrected chi connectivity index (χ1v) is 6.83. The van der Waals surface area contributed by atoms with Gasteiger partial charge in [0.05, 0.1) is 5.02 Å². The van der Waals surface area contributed by atoms with Crippen molar-refractivity contribution < 1.29 is 0 Å². The lowest BCUT2D eigenvalue weighted by atomic mass is 9.95. The predicted molar refractivity (Wildman–Crippen MR) is 74.5 cm³/mol. The number of halogens is 1. The van der Waals surface area contributed by atoms with E-state index in [1.807, 2.05) is 12.3 Å². The van der Waals surface area contributed by atoms with Crippen molar-refractivity contribution >= 4 is 11.6 Å². The average molecular weight is 255 g/mol. The summed E-state index contributed by atoms with van der Waals surface area (Å²) in [6, 6.07) is 2.59. The quantitative estimate of drug-likeness (QED) is 0.803. The normalized spacial score (nSPS) is 14.6. The molecule has 1 heterocycles. The van der Waals surface area contributed by atoms with Crippen LogP contribution in [0.15, 0.2) is 18.5 Å². The molecule has 0 saturated heterocycles. The van der Waals surface area contributed by atoms with E-state index in [1.54, 1.807) is 6.20 Å². The van der Waals surface area contributed by atoms with Gasteiger partial charge in [0.25, 0.3) is 0 Å². The van der Waals surface area contributed by atoms with Gasteiger partial charge >= 0.3 is 0 Å². The summed E-state index contributed by atoms with van der Waals surface area (Å²) in [7, 11) is 0. The van der Waals surface area contributed by atoms with E-state index >= 15 is 0 Å². The number of nitrogens with one attached hydrogen (secondary N) is 1. The molecule has 0 spiro atoms. The van der Waals surface area contributed by atoms with Crippen molar-refractivity contribution in [1.82, 2.24) is 10.3 Å². The predicted octanol–water partition coefficient (Wildman–Crippen LogP) is 3.69. The summed E-state index contributed by atoms with van der Waals surface area (Å²) in [6.07, 6.45) is 6.93. The third-order valence-corrected chi connectivity index (χ3v) is 3.26. The summed E-state index contributed by atoms with van der Waals surface area (Å²) in [5, 5.41) is 4.30. The SMILES string of the molecule is CCCNC(C)CC(C)Cc1ccncc1Cl. The van der Waals surface area contributed by atoms with Crippen molar-refractivity contribution in [1.29, 1.82) is 0 Å². The summed E-state index contributed by atoms with van der Waals surface area (Å²) < 4.78 is 0. The van der Waals surface area contributed by atoms with Crippen LogP contribution in [-0.2, 0) is 6.42 Å². The summed E-state index contributed by atoms with van der Waals surface area (Å²) in [6.45, 7) is 7.82. The van der Waals surface area contributed by atoms with E-state index in [0.717, 1.165) is 18.0 Å². The van der Waals surface area contributed by atoms with Gasteiger partial charge in [0, 0.05) is 18.4 Å². The van der Waals surface area contributed by atoms with Gasteiger partial charge in [-0.05, 0) is 50.3 Å². The van der Waals surface area contributed by atoms with Crippen LogP contribution in [0.1, 0.15) is 39.2 Å². The third kappa shape index (κ3) is 5.51. The highest BCUT2D eigenvalue weighted by Crippen LogP contribution is 2.19. The van der Waals surface area contributed by atoms with Gasteiger partial charge in [0.1, 0.15) is 0 Å². The van der Waals surface area contributed by atoms with Gasteiger partial charge in [-0.3, -0.25) is 4.98 Å². The van der Waals surface area contributed by atoms with Crippen LogP contribution in [0.25, 0.3) is 0 Å². The Morgan fingerprint density at radius 1 is 1.41 bits per heavy atom. The van der Waals surface area contributed by atoms with E-state index in [2.05, 4.69) is 31.1 Å². The number of rotatable bonds is 7. The average Bonchev–Trinajstić information content (AvgIpc) is 2.29. The zero-order chi connectivity index (χ0) is 12.7. The molecule has 2 atom stereocenters. The molecule has 2 nitrogen and oxygen atoms in total. The fourth-order valence-electron chi connectivity index (χ4n) is 2.11. The molecule has 1 N–H and O–H groups in total. The molecular formula is C14H23ClN2. The minimum atomic E-state index is 0.575. The van der Waals surface area contributed by atoms with Crippen molar-refractivity contribution in [2.24, 2.45) is 5.92 Å². The molecule has 0 radical (unpaired) electrons. The first-order chi connectivity index (χ1) is 8.13. The van der Waals surface area contributed by atoms with Crippen LogP contribution in [0, 0.1) is 5.92 Å². The summed E-state index contributed by atoms with van der Waals surface area (Å²) in [4.78, 5) is 4.01. The molecule has 0 aromatic carbocycles. The minimum absolute atomic E-state index is 0.575. The highest BCUT2D eigenvalue weighted by atomic mass is 35.5. The van der Waals surface area contributed by atoms with E-state index in [1.165, 1.54) is 18.4 Å². The van der Waals surface area contributed by atoms with Gasteiger partial charge in [-0.1, -0.05) is 25.4 Å². The molecule has 1 rings (SSSR count). The topological polar surface area (TPSA) is 24.9 Å². The van der Waals surface area contributed by atoms with E-state index < -0.39 is 0 Å². The molecule has 3 heteroatoms. The van der Waals surface area contributed by atoms with Crippen LogP contribution in [0.5, 0.6) is 0 Å².